The SMILES string of the molecule is Cc1cc(C(=O)C2CC3CCC2N3)ccc1F. The Morgan fingerprint density at radius 2 is 2.24 bits per heavy atom. The molecule has 2 fully saturated rings. The number of halogens is 1. The summed E-state index contributed by atoms with van der Waals surface area (Å²) in [5, 5.41) is 3.46. The Kier molecular flexibility index (Phi) is 2.51. The van der Waals surface area contributed by atoms with E-state index >= 15 is 0 Å². The zero-order valence-corrected chi connectivity index (χ0v) is 9.87. The quantitative estimate of drug-likeness (QED) is 0.795. The number of hydrogen-bond acceptors (Lipinski definition) is 2. The molecular formula is C14H16FNO. The lowest BCUT2D eigenvalue weighted by Gasteiger charge is -2.18. The first-order valence-electron chi connectivity index (χ1n) is 6.21. The third-order valence-corrected chi connectivity index (χ3v) is 4.08. The van der Waals surface area contributed by atoms with Crippen LogP contribution in [-0.2, 0) is 0 Å². The first-order valence-corrected chi connectivity index (χ1v) is 6.21. The van der Waals surface area contributed by atoms with Gasteiger partial charge in [0.15, 0.2) is 5.78 Å². The van der Waals surface area contributed by atoms with Crippen molar-refractivity contribution in [1.29, 1.82) is 0 Å². The van der Waals surface area contributed by atoms with Gasteiger partial charge in [-0.05, 0) is 49.9 Å². The van der Waals surface area contributed by atoms with Crippen molar-refractivity contribution in [2.75, 3.05) is 0 Å². The van der Waals surface area contributed by atoms with Crippen LogP contribution >= 0.6 is 0 Å². The van der Waals surface area contributed by atoms with E-state index in [4.69, 9.17) is 0 Å². The minimum Gasteiger partial charge on any atom is -0.310 e. The van der Waals surface area contributed by atoms with Gasteiger partial charge >= 0.3 is 0 Å². The van der Waals surface area contributed by atoms with Crippen molar-refractivity contribution < 1.29 is 9.18 Å². The number of aryl methyl sites for hydroxylation is 1. The molecule has 1 aromatic carbocycles. The molecule has 0 saturated carbocycles. The van der Waals surface area contributed by atoms with Gasteiger partial charge in [-0.3, -0.25) is 4.79 Å². The maximum atomic E-state index is 13.2. The number of ketones is 1. The van der Waals surface area contributed by atoms with Crippen molar-refractivity contribution in [2.24, 2.45) is 5.92 Å². The largest absolute Gasteiger partial charge is 0.310 e. The molecule has 17 heavy (non-hydrogen) atoms. The molecular weight excluding hydrogens is 217 g/mol. The first-order chi connectivity index (χ1) is 8.15. The molecule has 90 valence electrons. The van der Waals surface area contributed by atoms with Gasteiger partial charge in [0.05, 0.1) is 0 Å². The van der Waals surface area contributed by atoms with E-state index in [2.05, 4.69) is 5.32 Å². The molecule has 3 rings (SSSR count). The molecule has 0 aromatic heterocycles. The Bertz CT molecular complexity index is 471. The van der Waals surface area contributed by atoms with Gasteiger partial charge in [-0.25, -0.2) is 4.39 Å². The zero-order valence-electron chi connectivity index (χ0n) is 9.87. The van der Waals surface area contributed by atoms with Gasteiger partial charge < -0.3 is 5.32 Å². The van der Waals surface area contributed by atoms with E-state index in [9.17, 15) is 9.18 Å². The lowest BCUT2D eigenvalue weighted by molar-refractivity contribution is 0.0900. The van der Waals surface area contributed by atoms with Crippen LogP contribution in [0.15, 0.2) is 18.2 Å². The minimum atomic E-state index is -0.243. The lowest BCUT2D eigenvalue weighted by Crippen LogP contribution is -2.28. The summed E-state index contributed by atoms with van der Waals surface area (Å²) in [5.41, 5.74) is 1.20. The summed E-state index contributed by atoms with van der Waals surface area (Å²) in [7, 11) is 0. The topological polar surface area (TPSA) is 29.1 Å². The number of carbonyl (C=O) groups excluding carboxylic acids is 1. The second kappa shape index (κ2) is 3.91. The summed E-state index contributed by atoms with van der Waals surface area (Å²) in [6.07, 6.45) is 3.23. The Balaban J connectivity index is 1.84. The standard InChI is InChI=1S/C14H16FNO/c1-8-6-9(2-4-12(8)15)14(17)11-7-10-3-5-13(11)16-10/h2,4,6,10-11,13,16H,3,5,7H2,1H3. The minimum absolute atomic E-state index is 0.0959. The van der Waals surface area contributed by atoms with E-state index in [1.54, 1.807) is 19.1 Å². The van der Waals surface area contributed by atoms with Gasteiger partial charge in [-0.2, -0.15) is 0 Å². The molecule has 3 heteroatoms. The van der Waals surface area contributed by atoms with Crippen molar-refractivity contribution in [3.63, 3.8) is 0 Å². The highest BCUT2D eigenvalue weighted by Crippen LogP contribution is 2.35. The van der Waals surface area contributed by atoms with Gasteiger partial charge in [0, 0.05) is 23.6 Å². The summed E-state index contributed by atoms with van der Waals surface area (Å²) in [5.74, 6) is 0.0269. The fourth-order valence-corrected chi connectivity index (χ4v) is 3.13. The average Bonchev–Trinajstić information content (AvgIpc) is 2.93. The van der Waals surface area contributed by atoms with Crippen molar-refractivity contribution in [1.82, 2.24) is 5.32 Å². The molecule has 2 bridgehead atoms. The molecule has 3 atom stereocenters. The maximum absolute atomic E-state index is 13.2. The molecule has 2 aliphatic heterocycles. The molecule has 0 aliphatic carbocycles. The normalized spacial score (nSPS) is 30.8. The van der Waals surface area contributed by atoms with E-state index < -0.39 is 0 Å². The molecule has 2 heterocycles. The summed E-state index contributed by atoms with van der Waals surface area (Å²) < 4.78 is 13.2. The highest BCUT2D eigenvalue weighted by atomic mass is 19.1. The van der Waals surface area contributed by atoms with Crippen LogP contribution in [0.3, 0.4) is 0 Å². The van der Waals surface area contributed by atoms with Crippen LogP contribution in [-0.4, -0.2) is 17.9 Å². The maximum Gasteiger partial charge on any atom is 0.167 e. The van der Waals surface area contributed by atoms with E-state index in [0.29, 0.717) is 23.2 Å². The second-order valence-electron chi connectivity index (χ2n) is 5.22. The van der Waals surface area contributed by atoms with Crippen LogP contribution in [0.1, 0.15) is 35.2 Å². The van der Waals surface area contributed by atoms with Crippen LogP contribution in [0, 0.1) is 18.7 Å². The summed E-state index contributed by atoms with van der Waals surface area (Å²) >= 11 is 0. The molecule has 3 unspecified atom stereocenters. The van der Waals surface area contributed by atoms with Crippen molar-refractivity contribution in [3.05, 3.63) is 35.1 Å². The Morgan fingerprint density at radius 1 is 1.41 bits per heavy atom. The molecule has 2 nitrogen and oxygen atoms in total. The Hall–Kier alpha value is -1.22. The number of nitrogens with one attached hydrogen (secondary N) is 1. The second-order valence-corrected chi connectivity index (χ2v) is 5.22. The number of rotatable bonds is 2. The Morgan fingerprint density at radius 3 is 2.82 bits per heavy atom. The highest BCUT2D eigenvalue weighted by Gasteiger charge is 2.42. The van der Waals surface area contributed by atoms with Gasteiger partial charge in [0.1, 0.15) is 5.82 Å². The average molecular weight is 233 g/mol. The van der Waals surface area contributed by atoms with Gasteiger partial charge in [-0.1, -0.05) is 0 Å². The van der Waals surface area contributed by atoms with Crippen molar-refractivity contribution >= 4 is 5.78 Å². The van der Waals surface area contributed by atoms with Crippen LogP contribution in [0.25, 0.3) is 0 Å². The van der Waals surface area contributed by atoms with Crippen LogP contribution in [0.4, 0.5) is 4.39 Å². The predicted octanol–water partition coefficient (Wildman–Crippen LogP) is 2.46. The van der Waals surface area contributed by atoms with Crippen LogP contribution in [0.2, 0.25) is 0 Å². The number of fused-ring (bicyclic) bond motifs is 2. The van der Waals surface area contributed by atoms with Crippen LogP contribution in [0.5, 0.6) is 0 Å². The summed E-state index contributed by atoms with van der Waals surface area (Å²) in [6, 6.07) is 5.54. The molecule has 2 saturated heterocycles. The van der Waals surface area contributed by atoms with Gasteiger partial charge in [0.25, 0.3) is 0 Å². The smallest absolute Gasteiger partial charge is 0.167 e. The molecule has 0 amide bonds. The number of Topliss-reactive ketones (excluding diaryl/α,β-unsaturated/α-hetero) is 1. The molecule has 2 aliphatic rings. The third-order valence-electron chi connectivity index (χ3n) is 4.08. The predicted molar refractivity (Wildman–Crippen MR) is 63.5 cm³/mol. The monoisotopic (exact) mass is 233 g/mol. The van der Waals surface area contributed by atoms with E-state index in [0.717, 1.165) is 12.8 Å². The molecule has 0 radical (unpaired) electrons. The lowest BCUT2D eigenvalue weighted by atomic mass is 9.83. The number of carbonyl (C=O) groups is 1. The summed E-state index contributed by atoms with van der Waals surface area (Å²) in [6.45, 7) is 1.70. The number of benzene rings is 1. The fourth-order valence-electron chi connectivity index (χ4n) is 3.13. The van der Waals surface area contributed by atoms with E-state index in [1.807, 2.05) is 0 Å². The van der Waals surface area contributed by atoms with Gasteiger partial charge in [0.2, 0.25) is 0 Å². The van der Waals surface area contributed by atoms with Crippen LogP contribution < -0.4 is 5.32 Å². The van der Waals surface area contributed by atoms with E-state index in [-0.39, 0.29) is 17.5 Å². The highest BCUT2D eigenvalue weighted by molar-refractivity contribution is 5.98. The molecule has 0 spiro atoms. The molecule has 1 aromatic rings. The van der Waals surface area contributed by atoms with Gasteiger partial charge in [-0.15, -0.1) is 0 Å². The van der Waals surface area contributed by atoms with Crippen molar-refractivity contribution in [3.8, 4) is 0 Å². The number of hydrogen-bond donors (Lipinski definition) is 1. The fraction of sp³-hybridized carbons (Fsp3) is 0.500. The van der Waals surface area contributed by atoms with E-state index in [1.165, 1.54) is 12.5 Å². The first kappa shape index (κ1) is 10.9. The Labute approximate surface area is 100 Å². The van der Waals surface area contributed by atoms with Crippen molar-refractivity contribution in [2.45, 2.75) is 38.3 Å². The zero-order chi connectivity index (χ0) is 12.0. The summed E-state index contributed by atoms with van der Waals surface area (Å²) in [4.78, 5) is 12.3. The molecule has 1 N–H and O–H groups in total. The third kappa shape index (κ3) is 1.78.